The summed E-state index contributed by atoms with van der Waals surface area (Å²) in [5, 5.41) is 9.85. The molecule has 2 aliphatic rings. The number of likely N-dealkylation sites (tertiary alicyclic amines) is 1. The fraction of sp³-hybridized carbons (Fsp3) is 0.273. The Bertz CT molecular complexity index is 1530. The number of halogens is 1. The second-order valence-electron chi connectivity index (χ2n) is 10.5. The third-order valence-corrected chi connectivity index (χ3v) is 8.09. The van der Waals surface area contributed by atoms with Crippen molar-refractivity contribution in [1.29, 1.82) is 0 Å². The number of ether oxygens (including phenoxy) is 2. The molecule has 1 N–H and O–H groups in total. The number of aromatic nitrogens is 2. The molecule has 4 aromatic rings. The van der Waals surface area contributed by atoms with Gasteiger partial charge in [-0.05, 0) is 67.3 Å². The van der Waals surface area contributed by atoms with E-state index in [2.05, 4.69) is 38.7 Å². The molecular weight excluding hydrogens is 538 g/mol. The van der Waals surface area contributed by atoms with Gasteiger partial charge in [-0.15, -0.1) is 0 Å². The van der Waals surface area contributed by atoms with Crippen LogP contribution in [0.1, 0.15) is 53.1 Å². The summed E-state index contributed by atoms with van der Waals surface area (Å²) in [5.41, 5.74) is 4.19. The van der Waals surface area contributed by atoms with Gasteiger partial charge in [0, 0.05) is 23.2 Å². The summed E-state index contributed by atoms with van der Waals surface area (Å²) in [6, 6.07) is 24.1. The van der Waals surface area contributed by atoms with Crippen LogP contribution in [0.15, 0.2) is 85.1 Å². The highest BCUT2D eigenvalue weighted by molar-refractivity contribution is 6.30. The van der Waals surface area contributed by atoms with Crippen molar-refractivity contribution in [3.05, 3.63) is 118 Å². The van der Waals surface area contributed by atoms with Crippen LogP contribution in [0.4, 0.5) is 0 Å². The molecule has 0 spiro atoms. The Morgan fingerprint density at radius 1 is 1.00 bits per heavy atom. The monoisotopic (exact) mass is 569 g/mol. The lowest BCUT2D eigenvalue weighted by atomic mass is 9.88. The molecule has 3 heterocycles. The number of fused-ring (bicyclic) bond motifs is 1. The van der Waals surface area contributed by atoms with Gasteiger partial charge in [-0.25, -0.2) is 9.78 Å². The van der Waals surface area contributed by atoms with Crippen LogP contribution in [-0.2, 0) is 17.9 Å². The Labute approximate surface area is 244 Å². The molecule has 0 aliphatic carbocycles. The summed E-state index contributed by atoms with van der Waals surface area (Å²) in [7, 11) is 0. The van der Waals surface area contributed by atoms with Crippen LogP contribution < -0.4 is 9.47 Å². The Morgan fingerprint density at radius 3 is 2.54 bits per heavy atom. The van der Waals surface area contributed by atoms with Crippen LogP contribution >= 0.6 is 11.6 Å². The summed E-state index contributed by atoms with van der Waals surface area (Å²) in [5.74, 6) is 2.00. The molecule has 3 aromatic carbocycles. The van der Waals surface area contributed by atoms with Gasteiger partial charge >= 0.3 is 5.97 Å². The van der Waals surface area contributed by atoms with Gasteiger partial charge in [-0.3, -0.25) is 4.90 Å². The number of nitrogens with zero attached hydrogens (tertiary/aromatic N) is 3. The molecule has 2 aliphatic heterocycles. The Hall–Kier alpha value is -4.07. The normalized spacial score (nSPS) is 17.6. The second kappa shape index (κ2) is 12.2. The van der Waals surface area contributed by atoms with E-state index >= 15 is 0 Å². The van der Waals surface area contributed by atoms with Gasteiger partial charge in [0.05, 0.1) is 18.4 Å². The molecule has 1 unspecified atom stereocenters. The second-order valence-corrected chi connectivity index (χ2v) is 11.0. The van der Waals surface area contributed by atoms with Crippen molar-refractivity contribution in [2.45, 2.75) is 38.0 Å². The predicted molar refractivity (Wildman–Crippen MR) is 158 cm³/mol. The highest BCUT2D eigenvalue weighted by atomic mass is 35.5. The van der Waals surface area contributed by atoms with Crippen molar-refractivity contribution in [1.82, 2.24) is 14.5 Å². The average Bonchev–Trinajstić information content (AvgIpc) is 3.37. The lowest BCUT2D eigenvalue weighted by molar-refractivity contribution is -0.131. The van der Waals surface area contributed by atoms with Crippen LogP contribution in [0.5, 0.6) is 11.5 Å². The fourth-order valence-electron chi connectivity index (χ4n) is 5.69. The zero-order valence-corrected chi connectivity index (χ0v) is 23.4. The van der Waals surface area contributed by atoms with Crippen molar-refractivity contribution in [2.24, 2.45) is 0 Å². The maximum absolute atomic E-state index is 11.1. The number of piperidine rings is 1. The third-order valence-electron chi connectivity index (χ3n) is 7.84. The number of para-hydroxylation sites is 1. The number of carboxylic acid groups (broad SMARTS) is 1. The van der Waals surface area contributed by atoms with Crippen LogP contribution in [0.25, 0.3) is 6.08 Å². The minimum atomic E-state index is -0.973. The molecule has 6 rings (SSSR count). The quantitative estimate of drug-likeness (QED) is 0.242. The van der Waals surface area contributed by atoms with Gasteiger partial charge < -0.3 is 19.1 Å². The van der Waals surface area contributed by atoms with Gasteiger partial charge in [0.25, 0.3) is 0 Å². The molecule has 0 bridgehead atoms. The molecule has 41 heavy (non-hydrogen) atoms. The topological polar surface area (TPSA) is 76.8 Å². The predicted octanol–water partition coefficient (Wildman–Crippen LogP) is 6.57. The van der Waals surface area contributed by atoms with Gasteiger partial charge in [-0.1, -0.05) is 66.2 Å². The average molecular weight is 570 g/mol. The molecule has 8 heteroatoms. The lowest BCUT2D eigenvalue weighted by Crippen LogP contribution is -2.34. The molecule has 7 nitrogen and oxygen atoms in total. The van der Waals surface area contributed by atoms with E-state index in [9.17, 15) is 4.79 Å². The first kappa shape index (κ1) is 27.1. The zero-order chi connectivity index (χ0) is 28.2. The van der Waals surface area contributed by atoms with E-state index in [-0.39, 0.29) is 6.10 Å². The van der Waals surface area contributed by atoms with Crippen LogP contribution in [-0.4, -0.2) is 45.2 Å². The third kappa shape index (κ3) is 6.32. The SMILES string of the molecule is O=C(O)C=Cc1cnc(CN2CCC(c3cccc4c3OCC(c3ccc(Cl)cc3)O4)CC2)n1Cc1ccccc1. The van der Waals surface area contributed by atoms with Crippen molar-refractivity contribution in [3.8, 4) is 11.5 Å². The van der Waals surface area contributed by atoms with E-state index in [0.29, 0.717) is 30.6 Å². The van der Waals surface area contributed by atoms with Crippen molar-refractivity contribution in [2.75, 3.05) is 19.7 Å². The van der Waals surface area contributed by atoms with E-state index in [1.165, 1.54) is 5.56 Å². The lowest BCUT2D eigenvalue weighted by Gasteiger charge is -2.34. The van der Waals surface area contributed by atoms with E-state index < -0.39 is 5.97 Å². The van der Waals surface area contributed by atoms with E-state index in [4.69, 9.17) is 26.2 Å². The number of aliphatic carboxylic acids is 1. The first-order valence-electron chi connectivity index (χ1n) is 13.9. The molecule has 1 saturated heterocycles. The minimum absolute atomic E-state index is 0.160. The van der Waals surface area contributed by atoms with Gasteiger partial charge in [0.15, 0.2) is 17.6 Å². The molecular formula is C33H32ClN3O4. The largest absolute Gasteiger partial charge is 0.485 e. The first-order valence-corrected chi connectivity index (χ1v) is 14.3. The van der Waals surface area contributed by atoms with Crippen LogP contribution in [0.2, 0.25) is 5.02 Å². The number of carboxylic acids is 1. The standard InChI is InChI=1S/C33H32ClN3O4/c34-26-11-9-25(10-12-26)30-22-40-33-28(7-4-8-29(33)41-30)24-15-17-36(18-16-24)21-31-35-19-27(13-14-32(38)39)37(31)20-23-5-2-1-3-6-23/h1-14,19,24,30H,15-18,20-22H2,(H,38,39). The maximum Gasteiger partial charge on any atom is 0.328 e. The smallest absolute Gasteiger partial charge is 0.328 e. The highest BCUT2D eigenvalue weighted by Crippen LogP contribution is 2.44. The van der Waals surface area contributed by atoms with E-state index in [0.717, 1.165) is 66.2 Å². The fourth-order valence-corrected chi connectivity index (χ4v) is 5.81. The Morgan fingerprint density at radius 2 is 1.78 bits per heavy atom. The van der Waals surface area contributed by atoms with Gasteiger partial charge in [0.2, 0.25) is 0 Å². The molecule has 0 radical (unpaired) electrons. The van der Waals surface area contributed by atoms with Crippen molar-refractivity contribution >= 4 is 23.6 Å². The molecule has 0 amide bonds. The molecule has 1 atom stereocenters. The van der Waals surface area contributed by atoms with E-state index in [1.807, 2.05) is 48.5 Å². The van der Waals surface area contributed by atoms with Crippen LogP contribution in [0, 0.1) is 0 Å². The summed E-state index contributed by atoms with van der Waals surface area (Å²) in [6.07, 6.45) is 6.39. The number of imidazole rings is 1. The van der Waals surface area contributed by atoms with Crippen molar-refractivity contribution < 1.29 is 19.4 Å². The molecule has 1 aromatic heterocycles. The molecule has 1 fully saturated rings. The number of hydrogen-bond acceptors (Lipinski definition) is 5. The Kier molecular flexibility index (Phi) is 8.07. The number of carbonyl (C=O) groups is 1. The molecule has 210 valence electrons. The zero-order valence-electron chi connectivity index (χ0n) is 22.7. The molecule has 0 saturated carbocycles. The highest BCUT2D eigenvalue weighted by Gasteiger charge is 2.29. The number of hydrogen-bond donors (Lipinski definition) is 1. The number of benzene rings is 3. The summed E-state index contributed by atoms with van der Waals surface area (Å²) in [6.45, 7) is 3.67. The maximum atomic E-state index is 11.1. The summed E-state index contributed by atoms with van der Waals surface area (Å²) in [4.78, 5) is 18.3. The summed E-state index contributed by atoms with van der Waals surface area (Å²) < 4.78 is 14.8. The van der Waals surface area contributed by atoms with Crippen LogP contribution in [0.3, 0.4) is 0 Å². The van der Waals surface area contributed by atoms with Gasteiger partial charge in [-0.2, -0.15) is 0 Å². The Balaban J connectivity index is 1.13. The van der Waals surface area contributed by atoms with Crippen molar-refractivity contribution in [3.63, 3.8) is 0 Å². The first-order chi connectivity index (χ1) is 20.0. The minimum Gasteiger partial charge on any atom is -0.485 e. The van der Waals surface area contributed by atoms with Gasteiger partial charge in [0.1, 0.15) is 12.4 Å². The summed E-state index contributed by atoms with van der Waals surface area (Å²) >= 11 is 6.06. The number of rotatable bonds is 8. The van der Waals surface area contributed by atoms with E-state index in [1.54, 1.807) is 12.3 Å².